The molecule has 310 valence electrons. The number of anilines is 1. The molecule has 1 saturated heterocycles. The number of carbonyl (C=O) groups excluding carboxylic acids is 5. The molecule has 1 fully saturated rings. The van der Waals surface area contributed by atoms with Gasteiger partial charge in [0.05, 0.1) is 42.1 Å². The fourth-order valence-corrected chi connectivity index (χ4v) is 7.86. The van der Waals surface area contributed by atoms with Crippen molar-refractivity contribution in [1.82, 2.24) is 43.9 Å². The quantitative estimate of drug-likeness (QED) is 0.0922. The molecule has 0 bridgehead atoms. The van der Waals surface area contributed by atoms with Crippen molar-refractivity contribution in [3.63, 3.8) is 0 Å². The fourth-order valence-electron chi connectivity index (χ4n) is 7.02. The van der Waals surface area contributed by atoms with Gasteiger partial charge in [-0.15, -0.1) is 5.10 Å². The minimum absolute atomic E-state index is 0.00892. The molecule has 0 spiro atoms. The maximum atomic E-state index is 13.3. The third-order valence-electron chi connectivity index (χ3n) is 9.92. The number of imidazole rings is 1. The molecule has 21 heteroatoms. The predicted molar refractivity (Wildman–Crippen MR) is 211 cm³/mol. The van der Waals surface area contributed by atoms with E-state index in [0.717, 1.165) is 44.1 Å². The van der Waals surface area contributed by atoms with E-state index < -0.39 is 56.7 Å². The summed E-state index contributed by atoms with van der Waals surface area (Å²) in [4.78, 5) is 94.0. The molecule has 20 nitrogen and oxygen atoms in total. The maximum absolute atomic E-state index is 13.3. The maximum Gasteiger partial charge on any atom is 0.333 e. The molecular formula is C39H38N10O10S. The number of piperidine rings is 1. The van der Waals surface area contributed by atoms with Gasteiger partial charge in [-0.2, -0.15) is 4.98 Å². The zero-order valence-electron chi connectivity index (χ0n) is 32.6. The number of carbonyl (C=O) groups is 5. The van der Waals surface area contributed by atoms with E-state index in [-0.39, 0.29) is 58.9 Å². The average Bonchev–Trinajstić information content (AvgIpc) is 3.87. The number of nitrogens with one attached hydrogen (secondary N) is 2. The number of ether oxygens (including phenoxy) is 1. The van der Waals surface area contributed by atoms with Crippen LogP contribution in [0.1, 0.15) is 64.1 Å². The van der Waals surface area contributed by atoms with Crippen molar-refractivity contribution in [2.75, 3.05) is 18.2 Å². The Labute approximate surface area is 341 Å². The van der Waals surface area contributed by atoms with Crippen LogP contribution in [0.2, 0.25) is 0 Å². The van der Waals surface area contributed by atoms with E-state index in [1.807, 2.05) is 0 Å². The number of fused-ring (bicyclic) bond motifs is 2. The van der Waals surface area contributed by atoms with Gasteiger partial charge in [-0.1, -0.05) is 29.2 Å². The summed E-state index contributed by atoms with van der Waals surface area (Å²) in [6.07, 6.45) is 4.76. The lowest BCUT2D eigenvalue weighted by Gasteiger charge is -2.27. The Kier molecular flexibility index (Phi) is 11.3. The summed E-state index contributed by atoms with van der Waals surface area (Å²) in [5, 5.41) is 12.7. The van der Waals surface area contributed by atoms with E-state index in [0.29, 0.717) is 30.2 Å². The molecule has 2 N–H and O–H groups in total. The monoisotopic (exact) mass is 838 g/mol. The molecule has 5 heterocycles. The topological polar surface area (TPSA) is 249 Å². The minimum atomic E-state index is -3.78. The van der Waals surface area contributed by atoms with Crippen LogP contribution in [0.4, 0.5) is 5.69 Å². The molecule has 2 aromatic carbocycles. The van der Waals surface area contributed by atoms with Gasteiger partial charge in [0.15, 0.2) is 11.2 Å². The second-order valence-electron chi connectivity index (χ2n) is 14.2. The predicted octanol–water partition coefficient (Wildman–Crippen LogP) is 0.312. The third kappa shape index (κ3) is 8.22. The summed E-state index contributed by atoms with van der Waals surface area (Å²) < 4.78 is 35.2. The molecule has 2 aliphatic heterocycles. The van der Waals surface area contributed by atoms with Crippen LogP contribution in [0.5, 0.6) is 5.75 Å². The highest BCUT2D eigenvalue weighted by molar-refractivity contribution is 7.90. The molecule has 7 rings (SSSR count). The van der Waals surface area contributed by atoms with Crippen molar-refractivity contribution in [2.45, 2.75) is 62.8 Å². The standard InChI is InChI=1S/C39H38N10O10S/c1-45-32-33(42-38(45)60(3,57)58)48(39(56)46(2)37(32)55)18-9-11-23-10-7-12-25(20-23)59-19-6-4-5-17-47-22-24(43-44-47)21-30(51)40-27-14-8-13-26-31(27)36(54)49(35(26)53)28-15-16-29(50)41-34(28)52/h7-8,10,12-14,20,22,28H,4-6,15-19,21H2,1-3H3,(H,40,51)(H,41,50,52). The van der Waals surface area contributed by atoms with Crippen molar-refractivity contribution in [3.8, 4) is 17.6 Å². The lowest BCUT2D eigenvalue weighted by atomic mass is 10.0. The number of unbranched alkanes of at least 4 members (excludes halogenated alkanes) is 2. The highest BCUT2D eigenvalue weighted by Gasteiger charge is 2.45. The van der Waals surface area contributed by atoms with Crippen LogP contribution in [0.15, 0.2) is 63.4 Å². The number of amides is 5. The molecule has 2 aliphatic rings. The minimum Gasteiger partial charge on any atom is -0.494 e. The lowest BCUT2D eigenvalue weighted by molar-refractivity contribution is -0.136. The van der Waals surface area contributed by atoms with E-state index in [1.165, 1.54) is 32.3 Å². The summed E-state index contributed by atoms with van der Waals surface area (Å²) in [6.45, 7) is 0.818. The highest BCUT2D eigenvalue weighted by atomic mass is 32.2. The third-order valence-corrected chi connectivity index (χ3v) is 11.0. The molecular weight excluding hydrogens is 801 g/mol. The summed E-state index contributed by atoms with van der Waals surface area (Å²) in [5.74, 6) is 3.38. The lowest BCUT2D eigenvalue weighted by Crippen LogP contribution is -2.54. The molecule has 0 saturated carbocycles. The average molecular weight is 839 g/mol. The number of hydrogen-bond donors (Lipinski definition) is 2. The second kappa shape index (κ2) is 16.6. The number of nitrogens with zero attached hydrogens (tertiary/aromatic N) is 8. The molecule has 5 amide bonds. The normalized spacial score (nSPS) is 15.2. The van der Waals surface area contributed by atoms with Crippen LogP contribution < -0.4 is 26.6 Å². The van der Waals surface area contributed by atoms with Crippen LogP contribution in [-0.4, -0.2) is 95.4 Å². The van der Waals surface area contributed by atoms with Gasteiger partial charge >= 0.3 is 5.69 Å². The van der Waals surface area contributed by atoms with Crippen molar-refractivity contribution in [2.24, 2.45) is 14.1 Å². The number of sulfone groups is 1. The van der Waals surface area contributed by atoms with E-state index in [1.54, 1.807) is 35.1 Å². The number of hydrogen-bond acceptors (Lipinski definition) is 13. The van der Waals surface area contributed by atoms with Gasteiger partial charge in [-0.05, 0) is 56.0 Å². The summed E-state index contributed by atoms with van der Waals surface area (Å²) in [7, 11) is -1.08. The second-order valence-corrected chi connectivity index (χ2v) is 16.2. The SMILES string of the molecule is Cn1c(=O)c2c(nc(S(C)(=O)=O)n2C)n(CC#Cc2cccc(OCCCCCn3cc(CC(=O)Nc4cccc5c4C(=O)N(C4CCC(=O)NC4=O)C5=O)nn3)c2)c1=O. The van der Waals surface area contributed by atoms with Crippen molar-refractivity contribution in [3.05, 3.63) is 91.9 Å². The Bertz CT molecular complexity index is 2910. The van der Waals surface area contributed by atoms with Crippen molar-refractivity contribution < 1.29 is 37.1 Å². The number of aryl methyl sites for hydroxylation is 2. The van der Waals surface area contributed by atoms with Crippen LogP contribution in [0.25, 0.3) is 11.2 Å². The number of imide groups is 2. The van der Waals surface area contributed by atoms with Crippen molar-refractivity contribution >= 4 is 56.2 Å². The smallest absolute Gasteiger partial charge is 0.333 e. The first kappa shape index (κ1) is 41.0. The number of rotatable bonds is 13. The Balaban J connectivity index is 0.870. The van der Waals surface area contributed by atoms with Gasteiger partial charge in [0.25, 0.3) is 17.4 Å². The highest BCUT2D eigenvalue weighted by Crippen LogP contribution is 2.32. The molecule has 0 aliphatic carbocycles. The Morgan fingerprint density at radius 1 is 1.00 bits per heavy atom. The summed E-state index contributed by atoms with van der Waals surface area (Å²) >= 11 is 0. The van der Waals surface area contributed by atoms with E-state index in [2.05, 4.69) is 37.8 Å². The van der Waals surface area contributed by atoms with Crippen LogP contribution in [0.3, 0.4) is 0 Å². The first-order chi connectivity index (χ1) is 28.6. The van der Waals surface area contributed by atoms with E-state index in [9.17, 15) is 42.0 Å². The van der Waals surface area contributed by atoms with Gasteiger partial charge in [-0.3, -0.25) is 52.8 Å². The van der Waals surface area contributed by atoms with Crippen LogP contribution >= 0.6 is 0 Å². The Morgan fingerprint density at radius 3 is 2.55 bits per heavy atom. The first-order valence-electron chi connectivity index (χ1n) is 18.7. The molecule has 1 unspecified atom stereocenters. The Morgan fingerprint density at radius 2 is 1.78 bits per heavy atom. The number of benzene rings is 2. The van der Waals surface area contributed by atoms with Gasteiger partial charge in [0.2, 0.25) is 32.7 Å². The first-order valence-corrected chi connectivity index (χ1v) is 20.6. The molecule has 0 radical (unpaired) electrons. The Hall–Kier alpha value is -7.21. The van der Waals surface area contributed by atoms with Crippen LogP contribution in [-0.2, 0) is 57.8 Å². The van der Waals surface area contributed by atoms with E-state index >= 15 is 0 Å². The van der Waals surface area contributed by atoms with Gasteiger partial charge in [0, 0.05) is 45.1 Å². The summed E-state index contributed by atoms with van der Waals surface area (Å²) in [5.41, 5.74) is -0.291. The molecule has 5 aromatic rings. The molecule has 3 aromatic heterocycles. The molecule has 1 atom stereocenters. The van der Waals surface area contributed by atoms with Gasteiger partial charge in [0.1, 0.15) is 11.8 Å². The fraction of sp³-hybridized carbons (Fsp3) is 0.333. The van der Waals surface area contributed by atoms with Gasteiger partial charge < -0.3 is 14.6 Å². The van der Waals surface area contributed by atoms with Crippen molar-refractivity contribution in [1.29, 1.82) is 0 Å². The molecule has 60 heavy (non-hydrogen) atoms. The van der Waals surface area contributed by atoms with E-state index in [4.69, 9.17) is 4.74 Å². The largest absolute Gasteiger partial charge is 0.494 e. The zero-order valence-corrected chi connectivity index (χ0v) is 33.4. The zero-order chi connectivity index (χ0) is 42.9. The number of aromatic nitrogens is 7. The summed E-state index contributed by atoms with van der Waals surface area (Å²) in [6, 6.07) is 10.4. The van der Waals surface area contributed by atoms with Crippen LogP contribution in [0, 0.1) is 11.8 Å². The van der Waals surface area contributed by atoms with Gasteiger partial charge in [-0.25, -0.2) is 13.2 Å².